The van der Waals surface area contributed by atoms with E-state index < -0.39 is 12.0 Å². The standard InChI is InChI=1S/C17H22F3N5S/c1-13-5-3-4-6-14(13)11-23-7-9-24(10-8-23)12-25-16(26)22(2)15(21-25)17(18,19)20/h3-6H,7-12H2,1-2H3. The highest BCUT2D eigenvalue weighted by atomic mass is 32.1. The van der Waals surface area contributed by atoms with Gasteiger partial charge >= 0.3 is 6.18 Å². The molecule has 142 valence electrons. The molecule has 1 aromatic heterocycles. The van der Waals surface area contributed by atoms with Crippen molar-refractivity contribution in [3.05, 3.63) is 46.0 Å². The summed E-state index contributed by atoms with van der Waals surface area (Å²) in [6, 6.07) is 8.31. The van der Waals surface area contributed by atoms with E-state index in [1.54, 1.807) is 0 Å². The fraction of sp³-hybridized carbons (Fsp3) is 0.529. The van der Waals surface area contributed by atoms with Crippen molar-refractivity contribution in [1.82, 2.24) is 24.1 Å². The molecule has 0 N–H and O–H groups in total. The molecule has 0 saturated carbocycles. The van der Waals surface area contributed by atoms with Crippen molar-refractivity contribution in [2.45, 2.75) is 26.3 Å². The Kier molecular flexibility index (Phi) is 5.50. The Morgan fingerprint density at radius 3 is 2.27 bits per heavy atom. The fourth-order valence-electron chi connectivity index (χ4n) is 3.13. The van der Waals surface area contributed by atoms with E-state index in [1.165, 1.54) is 22.9 Å². The van der Waals surface area contributed by atoms with Gasteiger partial charge < -0.3 is 0 Å². The summed E-state index contributed by atoms with van der Waals surface area (Å²) in [4.78, 5) is 4.44. The molecule has 2 aromatic rings. The first-order valence-corrected chi connectivity index (χ1v) is 8.87. The van der Waals surface area contributed by atoms with Crippen LogP contribution in [-0.4, -0.2) is 50.3 Å². The lowest BCUT2D eigenvalue weighted by Gasteiger charge is -2.34. The maximum absolute atomic E-state index is 12.9. The Morgan fingerprint density at radius 2 is 1.69 bits per heavy atom. The third-order valence-corrected chi connectivity index (χ3v) is 5.23. The quantitative estimate of drug-likeness (QED) is 0.757. The predicted octanol–water partition coefficient (Wildman–Crippen LogP) is 3.05. The first-order valence-electron chi connectivity index (χ1n) is 8.46. The number of nitrogens with zero attached hydrogens (tertiary/aromatic N) is 5. The Morgan fingerprint density at radius 1 is 1.08 bits per heavy atom. The lowest BCUT2D eigenvalue weighted by Crippen LogP contribution is -2.46. The number of aromatic nitrogens is 3. The van der Waals surface area contributed by atoms with Crippen molar-refractivity contribution in [1.29, 1.82) is 0 Å². The molecule has 0 bridgehead atoms. The number of halogens is 3. The molecule has 0 amide bonds. The maximum Gasteiger partial charge on any atom is 0.451 e. The molecule has 1 aliphatic heterocycles. The van der Waals surface area contributed by atoms with Gasteiger partial charge in [0, 0.05) is 39.8 Å². The van der Waals surface area contributed by atoms with E-state index >= 15 is 0 Å². The van der Waals surface area contributed by atoms with E-state index in [9.17, 15) is 13.2 Å². The molecule has 5 nitrogen and oxygen atoms in total. The summed E-state index contributed by atoms with van der Waals surface area (Å²) < 4.78 is 41.1. The van der Waals surface area contributed by atoms with Crippen LogP contribution < -0.4 is 0 Å². The zero-order chi connectivity index (χ0) is 18.9. The van der Waals surface area contributed by atoms with Crippen LogP contribution in [0.3, 0.4) is 0 Å². The summed E-state index contributed by atoms with van der Waals surface area (Å²) in [7, 11) is 1.30. The molecule has 1 aliphatic rings. The number of piperazine rings is 1. The molecule has 0 radical (unpaired) electrons. The molecule has 1 saturated heterocycles. The number of benzene rings is 1. The third kappa shape index (κ3) is 4.16. The molecule has 3 rings (SSSR count). The van der Waals surface area contributed by atoms with Crippen molar-refractivity contribution in [3.8, 4) is 0 Å². The van der Waals surface area contributed by atoms with Crippen molar-refractivity contribution in [2.75, 3.05) is 26.2 Å². The molecule has 0 unspecified atom stereocenters. The highest BCUT2D eigenvalue weighted by molar-refractivity contribution is 7.71. The Bertz CT molecular complexity index is 819. The molecule has 0 atom stereocenters. The second kappa shape index (κ2) is 7.50. The van der Waals surface area contributed by atoms with Crippen molar-refractivity contribution in [3.63, 3.8) is 0 Å². The van der Waals surface area contributed by atoms with Gasteiger partial charge in [-0.2, -0.15) is 13.2 Å². The van der Waals surface area contributed by atoms with Crippen LogP contribution in [0, 0.1) is 11.7 Å². The first kappa shape index (κ1) is 19.1. The molecule has 1 aromatic carbocycles. The summed E-state index contributed by atoms with van der Waals surface area (Å²) in [6.45, 7) is 6.54. The van der Waals surface area contributed by atoms with Crippen molar-refractivity contribution >= 4 is 12.2 Å². The van der Waals surface area contributed by atoms with E-state index in [0.29, 0.717) is 0 Å². The second-order valence-corrected chi connectivity index (χ2v) is 6.99. The Hall–Kier alpha value is -1.71. The SMILES string of the molecule is Cc1ccccc1CN1CCN(Cn2nc(C(F)(F)F)n(C)c2=S)CC1. The fourth-order valence-corrected chi connectivity index (χ4v) is 3.32. The van der Waals surface area contributed by atoms with E-state index in [2.05, 4.69) is 34.0 Å². The minimum absolute atomic E-state index is 0.0830. The lowest BCUT2D eigenvalue weighted by atomic mass is 10.1. The van der Waals surface area contributed by atoms with Gasteiger partial charge in [0.1, 0.15) is 0 Å². The predicted molar refractivity (Wildman–Crippen MR) is 95.1 cm³/mol. The number of rotatable bonds is 4. The van der Waals surface area contributed by atoms with Gasteiger partial charge in [-0.25, -0.2) is 4.68 Å². The molecular weight excluding hydrogens is 363 g/mol. The van der Waals surface area contributed by atoms with Crippen LogP contribution >= 0.6 is 12.2 Å². The van der Waals surface area contributed by atoms with Gasteiger partial charge in [0.05, 0.1) is 6.67 Å². The molecule has 0 spiro atoms. The highest BCUT2D eigenvalue weighted by Gasteiger charge is 2.37. The number of hydrogen-bond acceptors (Lipinski definition) is 4. The highest BCUT2D eigenvalue weighted by Crippen LogP contribution is 2.27. The average Bonchev–Trinajstić information content (AvgIpc) is 2.87. The van der Waals surface area contributed by atoms with Crippen LogP contribution in [-0.2, 0) is 26.4 Å². The van der Waals surface area contributed by atoms with Gasteiger partial charge in [0.15, 0.2) is 4.77 Å². The van der Waals surface area contributed by atoms with Crippen LogP contribution in [0.25, 0.3) is 0 Å². The van der Waals surface area contributed by atoms with Crippen LogP contribution in [0.2, 0.25) is 0 Å². The van der Waals surface area contributed by atoms with Gasteiger partial charge in [0.2, 0.25) is 5.82 Å². The number of alkyl halides is 3. The third-order valence-electron chi connectivity index (χ3n) is 4.75. The minimum atomic E-state index is -4.50. The van der Waals surface area contributed by atoms with Gasteiger partial charge in [-0.05, 0) is 30.3 Å². The Labute approximate surface area is 155 Å². The van der Waals surface area contributed by atoms with Gasteiger partial charge in [-0.1, -0.05) is 24.3 Å². The van der Waals surface area contributed by atoms with Crippen LogP contribution in [0.5, 0.6) is 0 Å². The summed E-state index contributed by atoms with van der Waals surface area (Å²) in [5.41, 5.74) is 2.58. The van der Waals surface area contributed by atoms with Crippen LogP contribution in [0.4, 0.5) is 13.2 Å². The van der Waals surface area contributed by atoms with Crippen molar-refractivity contribution < 1.29 is 13.2 Å². The maximum atomic E-state index is 12.9. The minimum Gasteiger partial charge on any atom is -0.299 e. The van der Waals surface area contributed by atoms with Crippen LogP contribution in [0.1, 0.15) is 17.0 Å². The monoisotopic (exact) mass is 385 g/mol. The van der Waals surface area contributed by atoms with Gasteiger partial charge in [-0.15, -0.1) is 5.10 Å². The zero-order valence-electron chi connectivity index (χ0n) is 14.8. The summed E-state index contributed by atoms with van der Waals surface area (Å²) in [5, 5.41) is 3.67. The molecule has 9 heteroatoms. The molecule has 26 heavy (non-hydrogen) atoms. The number of hydrogen-bond donors (Lipinski definition) is 0. The van der Waals surface area contributed by atoms with Gasteiger partial charge in [-0.3, -0.25) is 14.4 Å². The van der Waals surface area contributed by atoms with Crippen LogP contribution in [0.15, 0.2) is 24.3 Å². The van der Waals surface area contributed by atoms with Crippen molar-refractivity contribution in [2.24, 2.45) is 7.05 Å². The van der Waals surface area contributed by atoms with Gasteiger partial charge in [0.25, 0.3) is 0 Å². The smallest absolute Gasteiger partial charge is 0.299 e. The topological polar surface area (TPSA) is 29.2 Å². The molecule has 1 fully saturated rings. The summed E-state index contributed by atoms with van der Waals surface area (Å²) in [6.07, 6.45) is -4.50. The lowest BCUT2D eigenvalue weighted by molar-refractivity contribution is -0.147. The van der Waals surface area contributed by atoms with E-state index in [0.717, 1.165) is 37.3 Å². The second-order valence-electron chi connectivity index (χ2n) is 6.62. The summed E-state index contributed by atoms with van der Waals surface area (Å²) in [5.74, 6) is -0.958. The summed E-state index contributed by atoms with van der Waals surface area (Å²) >= 11 is 5.10. The molecular formula is C17H22F3N5S. The first-order chi connectivity index (χ1) is 12.3. The molecule has 2 heterocycles. The Balaban J connectivity index is 1.60. The normalized spacial score (nSPS) is 17.0. The largest absolute Gasteiger partial charge is 0.451 e. The van der Waals surface area contributed by atoms with E-state index in [-0.39, 0.29) is 11.4 Å². The zero-order valence-corrected chi connectivity index (χ0v) is 15.6. The van der Waals surface area contributed by atoms with E-state index in [1.807, 2.05) is 12.1 Å². The molecule has 0 aliphatic carbocycles. The average molecular weight is 385 g/mol. The van der Waals surface area contributed by atoms with E-state index in [4.69, 9.17) is 12.2 Å². The number of aryl methyl sites for hydroxylation is 1.